The van der Waals surface area contributed by atoms with E-state index in [1.54, 1.807) is 7.11 Å². The van der Waals surface area contributed by atoms with Gasteiger partial charge >= 0.3 is 0 Å². The average Bonchev–Trinajstić information content (AvgIpc) is 2.40. The molecule has 0 aromatic rings. The molecule has 0 bridgehead atoms. The molecule has 2 atom stereocenters. The zero-order chi connectivity index (χ0) is 14.8. The zero-order valence-electron chi connectivity index (χ0n) is 11.8. The molecule has 0 aromatic heterocycles. The van der Waals surface area contributed by atoms with Crippen molar-refractivity contribution in [2.75, 3.05) is 27.3 Å². The third kappa shape index (κ3) is 2.97. The van der Waals surface area contributed by atoms with E-state index < -0.39 is 9.92 Å². The molecule has 8 heteroatoms. The minimum Gasteiger partial charge on any atom is -0.477 e. The molecular weight excluding hydrogens is 280 g/mol. The second-order valence-electron chi connectivity index (χ2n) is 5.09. The van der Waals surface area contributed by atoms with Gasteiger partial charge in [-0.25, -0.2) is 13.7 Å². The normalized spacial score (nSPS) is 33.5. The second kappa shape index (κ2) is 6.11. The Morgan fingerprint density at radius 2 is 2.25 bits per heavy atom. The highest BCUT2D eigenvalue weighted by Gasteiger charge is 2.37. The van der Waals surface area contributed by atoms with E-state index in [-0.39, 0.29) is 10.8 Å². The predicted molar refractivity (Wildman–Crippen MR) is 78.2 cm³/mol. The third-order valence-corrected chi connectivity index (χ3v) is 5.47. The lowest BCUT2D eigenvalue weighted by molar-refractivity contribution is -0.0291. The van der Waals surface area contributed by atoms with E-state index in [1.165, 1.54) is 13.2 Å². The van der Waals surface area contributed by atoms with Crippen LogP contribution in [0.1, 0.15) is 12.8 Å². The Morgan fingerprint density at radius 1 is 1.55 bits per heavy atom. The molecule has 0 saturated heterocycles. The third-order valence-electron chi connectivity index (χ3n) is 3.98. The number of ether oxygens (including phenoxy) is 2. The first-order chi connectivity index (χ1) is 9.51. The van der Waals surface area contributed by atoms with Gasteiger partial charge in [-0.2, -0.15) is 0 Å². The fourth-order valence-electron chi connectivity index (χ4n) is 2.49. The molecule has 1 saturated carbocycles. The summed E-state index contributed by atoms with van der Waals surface area (Å²) in [6, 6.07) is 0. The summed E-state index contributed by atoms with van der Waals surface area (Å²) < 4.78 is 26.6. The monoisotopic (exact) mass is 302 g/mol. The molecule has 1 aliphatic carbocycles. The highest BCUT2D eigenvalue weighted by atomic mass is 32.2. The van der Waals surface area contributed by atoms with Gasteiger partial charge in [0.25, 0.3) is 0 Å². The van der Waals surface area contributed by atoms with Gasteiger partial charge in [-0.3, -0.25) is 4.99 Å². The van der Waals surface area contributed by atoms with Crippen molar-refractivity contribution in [3.05, 3.63) is 11.1 Å². The Hall–Kier alpha value is -1.12. The molecule has 20 heavy (non-hydrogen) atoms. The van der Waals surface area contributed by atoms with Crippen LogP contribution in [0.15, 0.2) is 20.5 Å². The quantitative estimate of drug-likeness (QED) is 0.774. The fraction of sp³-hybridized carbons (Fsp3) is 0.750. The summed E-state index contributed by atoms with van der Waals surface area (Å²) in [5, 5.41) is 5.61. The summed E-state index contributed by atoms with van der Waals surface area (Å²) in [6.07, 6.45) is 3.63. The first-order valence-corrected chi connectivity index (χ1v) is 8.15. The van der Waals surface area contributed by atoms with Gasteiger partial charge in [-0.1, -0.05) is 0 Å². The molecule has 1 heterocycles. The van der Waals surface area contributed by atoms with Crippen molar-refractivity contribution in [2.24, 2.45) is 32.1 Å². The summed E-state index contributed by atoms with van der Waals surface area (Å²) >= 11 is 0. The lowest BCUT2D eigenvalue weighted by Crippen LogP contribution is -2.41. The number of methoxy groups -OCH3 is 1. The van der Waals surface area contributed by atoms with Crippen LogP contribution in [0.25, 0.3) is 0 Å². The number of hydrogen-bond acceptors (Lipinski definition) is 6. The maximum atomic E-state index is 12.0. The fourth-order valence-corrected chi connectivity index (χ4v) is 3.26. The zero-order valence-corrected chi connectivity index (χ0v) is 12.6. The van der Waals surface area contributed by atoms with Gasteiger partial charge in [-0.05, 0) is 18.8 Å². The van der Waals surface area contributed by atoms with Gasteiger partial charge in [0.05, 0.1) is 12.7 Å². The van der Waals surface area contributed by atoms with Crippen LogP contribution in [0, 0.1) is 11.8 Å². The first kappa shape index (κ1) is 15.3. The summed E-state index contributed by atoms with van der Waals surface area (Å²) in [6.45, 7) is 1.17. The van der Waals surface area contributed by atoms with Crippen molar-refractivity contribution >= 4 is 15.8 Å². The van der Waals surface area contributed by atoms with E-state index in [0.717, 1.165) is 12.8 Å². The number of rotatable bonds is 4. The standard InChI is InChI=1S/C12H22N4O3S/c1-15-20(14,17)11(5-13)12-16-6-9(7-19-12)8-3-10(4-8)18-2/h5,8-10H,3-4,6-7,13H2,1-2H3,(H2,14,15,17)/b11-5+. The average molecular weight is 302 g/mol. The molecular formula is C12H22N4O3S. The van der Waals surface area contributed by atoms with Crippen LogP contribution >= 0.6 is 0 Å². The van der Waals surface area contributed by atoms with Crippen LogP contribution in [-0.2, 0) is 19.4 Å². The van der Waals surface area contributed by atoms with Gasteiger partial charge in [0.15, 0.2) is 0 Å². The van der Waals surface area contributed by atoms with Gasteiger partial charge < -0.3 is 15.2 Å². The number of nitrogens with zero attached hydrogens (tertiary/aromatic N) is 2. The van der Waals surface area contributed by atoms with Crippen molar-refractivity contribution in [1.29, 1.82) is 0 Å². The van der Waals surface area contributed by atoms with Crippen LogP contribution in [0.2, 0.25) is 0 Å². The van der Waals surface area contributed by atoms with E-state index in [1.807, 2.05) is 0 Å². The minimum atomic E-state index is -3.02. The highest BCUT2D eigenvalue weighted by molar-refractivity contribution is 7.96. The van der Waals surface area contributed by atoms with E-state index in [4.69, 9.17) is 20.3 Å². The maximum Gasteiger partial charge on any atom is 0.229 e. The van der Waals surface area contributed by atoms with Crippen LogP contribution in [0.3, 0.4) is 0 Å². The molecule has 4 N–H and O–H groups in total. The Bertz CT molecular complexity index is 531. The molecule has 0 spiro atoms. The van der Waals surface area contributed by atoms with Crippen LogP contribution < -0.4 is 10.9 Å². The Morgan fingerprint density at radius 3 is 2.70 bits per heavy atom. The lowest BCUT2D eigenvalue weighted by atomic mass is 9.74. The molecule has 0 radical (unpaired) electrons. The Kier molecular flexibility index (Phi) is 4.66. The van der Waals surface area contributed by atoms with E-state index in [9.17, 15) is 4.21 Å². The predicted octanol–water partition coefficient (Wildman–Crippen LogP) is 0.228. The van der Waals surface area contributed by atoms with Crippen LogP contribution in [0.5, 0.6) is 0 Å². The summed E-state index contributed by atoms with van der Waals surface area (Å²) in [5.74, 6) is 1.20. The van der Waals surface area contributed by atoms with Gasteiger partial charge in [0.2, 0.25) is 5.90 Å². The minimum absolute atomic E-state index is 0.168. The van der Waals surface area contributed by atoms with Gasteiger partial charge in [0.1, 0.15) is 14.8 Å². The summed E-state index contributed by atoms with van der Waals surface area (Å²) in [5.41, 5.74) is 5.47. The molecule has 2 rings (SSSR count). The van der Waals surface area contributed by atoms with Crippen molar-refractivity contribution < 1.29 is 13.7 Å². The number of aliphatic imine (C=N–C) groups is 1. The number of nitrogens with two attached hydrogens (primary N) is 2. The molecule has 114 valence electrons. The molecule has 1 aliphatic heterocycles. The topological polar surface area (TPSA) is 112 Å². The van der Waals surface area contributed by atoms with E-state index in [2.05, 4.69) is 9.36 Å². The van der Waals surface area contributed by atoms with Crippen molar-refractivity contribution in [2.45, 2.75) is 18.9 Å². The molecule has 1 fully saturated rings. The lowest BCUT2D eigenvalue weighted by Gasteiger charge is -2.40. The maximum absolute atomic E-state index is 12.0. The van der Waals surface area contributed by atoms with Crippen molar-refractivity contribution in [1.82, 2.24) is 0 Å². The molecule has 2 unspecified atom stereocenters. The largest absolute Gasteiger partial charge is 0.477 e. The Balaban J connectivity index is 2.01. The van der Waals surface area contributed by atoms with Gasteiger partial charge in [0, 0.05) is 32.8 Å². The van der Waals surface area contributed by atoms with Gasteiger partial charge in [-0.15, -0.1) is 0 Å². The molecule has 0 aromatic carbocycles. The summed E-state index contributed by atoms with van der Waals surface area (Å²) in [4.78, 5) is 4.50. The van der Waals surface area contributed by atoms with Crippen molar-refractivity contribution in [3.8, 4) is 0 Å². The Labute approximate surface area is 119 Å². The number of hydrogen-bond donors (Lipinski definition) is 2. The summed E-state index contributed by atoms with van der Waals surface area (Å²) in [7, 11) is 0.105. The van der Waals surface area contributed by atoms with E-state index >= 15 is 0 Å². The van der Waals surface area contributed by atoms with Crippen LogP contribution in [0.4, 0.5) is 0 Å². The first-order valence-electron chi connectivity index (χ1n) is 6.57. The molecule has 0 amide bonds. The highest BCUT2D eigenvalue weighted by Crippen LogP contribution is 2.37. The van der Waals surface area contributed by atoms with Crippen LogP contribution in [-0.4, -0.2) is 43.5 Å². The van der Waals surface area contributed by atoms with E-state index in [0.29, 0.717) is 31.1 Å². The van der Waals surface area contributed by atoms with Crippen molar-refractivity contribution in [3.63, 3.8) is 0 Å². The SMILES string of the molecule is CN=S(N)(=O)/C(=C/N)C1=NCC(C2CC(OC)C2)CO1. The smallest absolute Gasteiger partial charge is 0.229 e. The second-order valence-corrected chi connectivity index (χ2v) is 7.03. The molecule has 2 aliphatic rings. The molecule has 7 nitrogen and oxygen atoms in total.